The monoisotopic (exact) mass is 298 g/mol. The quantitative estimate of drug-likeness (QED) is 0.647. The normalized spacial score (nSPS) is 10.7. The van der Waals surface area contributed by atoms with Crippen LogP contribution in [0, 0.1) is 11.3 Å². The molecule has 3 rings (SSSR count). The second-order valence-corrected chi connectivity index (χ2v) is 4.94. The summed E-state index contributed by atoms with van der Waals surface area (Å²) in [6.07, 6.45) is 1.66. The second-order valence-electron chi connectivity index (χ2n) is 4.03. The van der Waals surface area contributed by atoms with Crippen LogP contribution in [-0.4, -0.2) is 4.98 Å². The fraction of sp³-hybridized carbons (Fsp3) is 0. The molecule has 0 unspecified atom stereocenters. The van der Waals surface area contributed by atoms with Crippen LogP contribution in [0.15, 0.2) is 45.8 Å². The number of nitriles is 1. The van der Waals surface area contributed by atoms with Crippen molar-refractivity contribution in [1.82, 2.24) is 4.98 Å². The highest BCUT2D eigenvalue weighted by Gasteiger charge is 2.07. The largest absolute Gasteiger partial charge is 0.328 e. The Morgan fingerprint density at radius 2 is 1.94 bits per heavy atom. The van der Waals surface area contributed by atoms with Crippen LogP contribution in [0.5, 0.6) is 0 Å². The summed E-state index contributed by atoms with van der Waals surface area (Å²) < 4.78 is 0.965. The summed E-state index contributed by atoms with van der Waals surface area (Å²) in [5.74, 6) is 0. The summed E-state index contributed by atoms with van der Waals surface area (Å²) >= 11 is 3.43. The molecule has 18 heavy (non-hydrogen) atoms. The lowest BCUT2D eigenvalue weighted by Gasteiger charge is -2.05. The predicted molar refractivity (Wildman–Crippen MR) is 74.5 cm³/mol. The lowest BCUT2D eigenvalue weighted by Crippen LogP contribution is -2.02. The Hall–Kier alpha value is -2.12. The summed E-state index contributed by atoms with van der Waals surface area (Å²) in [4.78, 5) is 14.0. The number of H-pyrrole nitrogens is 1. The number of nitrogens with one attached hydrogen (secondary N) is 1. The van der Waals surface area contributed by atoms with Gasteiger partial charge in [0.15, 0.2) is 0 Å². The van der Waals surface area contributed by atoms with E-state index >= 15 is 0 Å². The van der Waals surface area contributed by atoms with Gasteiger partial charge in [-0.2, -0.15) is 5.26 Å². The first-order valence-corrected chi connectivity index (χ1v) is 6.13. The SMILES string of the molecule is N#Cc1cc2ccc(Br)cc2c2c[nH]c(=O)cc12. The number of nitrogens with zero attached hydrogens (tertiary/aromatic N) is 1. The van der Waals surface area contributed by atoms with E-state index in [1.54, 1.807) is 6.20 Å². The molecular formula is C14H7BrN2O. The molecule has 0 bridgehead atoms. The van der Waals surface area contributed by atoms with E-state index in [2.05, 4.69) is 27.0 Å². The van der Waals surface area contributed by atoms with E-state index in [0.717, 1.165) is 20.6 Å². The number of aromatic amines is 1. The van der Waals surface area contributed by atoms with Gasteiger partial charge in [0.25, 0.3) is 0 Å². The molecule has 0 aliphatic rings. The van der Waals surface area contributed by atoms with Crippen molar-refractivity contribution in [1.29, 1.82) is 5.26 Å². The summed E-state index contributed by atoms with van der Waals surface area (Å²) in [5, 5.41) is 12.7. The first-order valence-electron chi connectivity index (χ1n) is 5.34. The Labute approximate surface area is 111 Å². The van der Waals surface area contributed by atoms with Gasteiger partial charge in [-0.25, -0.2) is 0 Å². The van der Waals surface area contributed by atoms with Crippen molar-refractivity contribution in [3.05, 3.63) is 56.9 Å². The Morgan fingerprint density at radius 1 is 1.11 bits per heavy atom. The molecule has 3 nitrogen and oxygen atoms in total. The van der Waals surface area contributed by atoms with E-state index in [9.17, 15) is 4.79 Å². The molecule has 0 fully saturated rings. The topological polar surface area (TPSA) is 56.6 Å². The maximum Gasteiger partial charge on any atom is 0.248 e. The summed E-state index contributed by atoms with van der Waals surface area (Å²) in [5.41, 5.74) is 0.319. The maximum atomic E-state index is 11.4. The minimum Gasteiger partial charge on any atom is -0.328 e. The van der Waals surface area contributed by atoms with Gasteiger partial charge >= 0.3 is 0 Å². The molecule has 86 valence electrons. The smallest absolute Gasteiger partial charge is 0.248 e. The molecule has 1 N–H and O–H groups in total. The van der Waals surface area contributed by atoms with Crippen molar-refractivity contribution >= 4 is 37.5 Å². The van der Waals surface area contributed by atoms with Crippen LogP contribution < -0.4 is 5.56 Å². The van der Waals surface area contributed by atoms with E-state index in [1.165, 1.54) is 6.07 Å². The Balaban J connectivity index is 2.63. The Kier molecular flexibility index (Phi) is 2.42. The third-order valence-electron chi connectivity index (χ3n) is 2.94. The van der Waals surface area contributed by atoms with E-state index in [0.29, 0.717) is 10.9 Å². The summed E-state index contributed by atoms with van der Waals surface area (Å²) in [6, 6.07) is 11.3. The fourth-order valence-electron chi connectivity index (χ4n) is 2.13. The van der Waals surface area contributed by atoms with Crippen molar-refractivity contribution in [2.45, 2.75) is 0 Å². The molecule has 0 saturated heterocycles. The van der Waals surface area contributed by atoms with Gasteiger partial charge in [0.2, 0.25) is 5.56 Å². The van der Waals surface area contributed by atoms with Gasteiger partial charge in [-0.15, -0.1) is 0 Å². The molecule has 2 aromatic carbocycles. The number of fused-ring (bicyclic) bond motifs is 3. The molecule has 0 saturated carbocycles. The molecule has 0 aliphatic carbocycles. The summed E-state index contributed by atoms with van der Waals surface area (Å²) in [7, 11) is 0. The van der Waals surface area contributed by atoms with Gasteiger partial charge in [0, 0.05) is 27.5 Å². The van der Waals surface area contributed by atoms with Crippen molar-refractivity contribution in [2.24, 2.45) is 0 Å². The van der Waals surface area contributed by atoms with E-state index in [4.69, 9.17) is 5.26 Å². The molecule has 0 radical (unpaired) electrons. The average Bonchev–Trinajstić information content (AvgIpc) is 2.37. The molecule has 0 atom stereocenters. The van der Waals surface area contributed by atoms with Crippen LogP contribution in [0.3, 0.4) is 0 Å². The zero-order valence-corrected chi connectivity index (χ0v) is 10.8. The highest BCUT2D eigenvalue weighted by Crippen LogP contribution is 2.29. The lowest BCUT2D eigenvalue weighted by atomic mass is 9.99. The number of benzene rings is 2. The summed E-state index contributed by atoms with van der Waals surface area (Å²) in [6.45, 7) is 0. The molecule has 4 heteroatoms. The van der Waals surface area contributed by atoms with Gasteiger partial charge in [0.1, 0.15) is 0 Å². The zero-order chi connectivity index (χ0) is 12.7. The van der Waals surface area contributed by atoms with E-state index in [1.807, 2.05) is 24.3 Å². The Morgan fingerprint density at radius 3 is 2.72 bits per heavy atom. The first-order chi connectivity index (χ1) is 8.69. The molecule has 3 aromatic rings. The van der Waals surface area contributed by atoms with E-state index < -0.39 is 0 Å². The van der Waals surface area contributed by atoms with Crippen LogP contribution >= 0.6 is 15.9 Å². The minimum absolute atomic E-state index is 0.201. The van der Waals surface area contributed by atoms with Crippen molar-refractivity contribution in [3.8, 4) is 6.07 Å². The number of pyridine rings is 1. The van der Waals surface area contributed by atoms with Gasteiger partial charge < -0.3 is 4.98 Å². The predicted octanol–water partition coefficient (Wildman–Crippen LogP) is 3.32. The first kappa shape index (κ1) is 11.0. The fourth-order valence-corrected chi connectivity index (χ4v) is 2.49. The van der Waals surface area contributed by atoms with Crippen LogP contribution in [0.1, 0.15) is 5.56 Å². The highest BCUT2D eigenvalue weighted by atomic mass is 79.9. The van der Waals surface area contributed by atoms with Crippen LogP contribution in [0.4, 0.5) is 0 Å². The van der Waals surface area contributed by atoms with E-state index in [-0.39, 0.29) is 5.56 Å². The molecule has 1 aromatic heterocycles. The number of hydrogen-bond acceptors (Lipinski definition) is 2. The number of halogens is 1. The number of aromatic nitrogens is 1. The lowest BCUT2D eigenvalue weighted by molar-refractivity contribution is 1.27. The van der Waals surface area contributed by atoms with Gasteiger partial charge in [-0.05, 0) is 29.0 Å². The molecule has 0 aliphatic heterocycles. The van der Waals surface area contributed by atoms with Gasteiger partial charge in [0.05, 0.1) is 11.6 Å². The van der Waals surface area contributed by atoms with Gasteiger partial charge in [-0.1, -0.05) is 22.0 Å². The average molecular weight is 299 g/mol. The minimum atomic E-state index is -0.201. The van der Waals surface area contributed by atoms with Crippen LogP contribution in [-0.2, 0) is 0 Å². The Bertz CT molecular complexity index is 874. The zero-order valence-electron chi connectivity index (χ0n) is 9.20. The third kappa shape index (κ3) is 1.60. The van der Waals surface area contributed by atoms with Crippen molar-refractivity contribution in [3.63, 3.8) is 0 Å². The van der Waals surface area contributed by atoms with Crippen molar-refractivity contribution in [2.75, 3.05) is 0 Å². The number of hydrogen-bond donors (Lipinski definition) is 1. The maximum absolute atomic E-state index is 11.4. The van der Waals surface area contributed by atoms with Gasteiger partial charge in [-0.3, -0.25) is 4.79 Å². The third-order valence-corrected chi connectivity index (χ3v) is 3.43. The molecule has 1 heterocycles. The second kappa shape index (κ2) is 3.97. The molecule has 0 spiro atoms. The molecule has 0 amide bonds. The van der Waals surface area contributed by atoms with Crippen molar-refractivity contribution < 1.29 is 0 Å². The molecular weight excluding hydrogens is 292 g/mol. The standard InChI is InChI=1S/C14H7BrN2O/c15-10-2-1-8-3-9(6-16)12-5-14(18)17-7-13(12)11(8)4-10/h1-5,7H,(H,17,18). The highest BCUT2D eigenvalue weighted by molar-refractivity contribution is 9.10. The van der Waals surface area contributed by atoms with Crippen LogP contribution in [0.25, 0.3) is 21.5 Å². The number of rotatable bonds is 0. The van der Waals surface area contributed by atoms with Crippen LogP contribution in [0.2, 0.25) is 0 Å².